The van der Waals surface area contributed by atoms with Crippen LogP contribution >= 0.6 is 0 Å². The molecule has 0 aliphatic heterocycles. The largest absolute Gasteiger partial charge is 0.481 e. The standard InChI is InChI=1S/C18H26O2/c19-18(20)14-17-13-7-12-16(17)11-6-2-5-10-15-8-3-1-4-9-15/h3,6,8-9,11,16-17H,1-2,4-5,7,10,12-14H2,(H,19,20)/b11-6+/t16-,17+/m0/s1. The highest BCUT2D eigenvalue weighted by Crippen LogP contribution is 2.35. The van der Waals surface area contributed by atoms with Gasteiger partial charge in [0.2, 0.25) is 0 Å². The average molecular weight is 274 g/mol. The number of carboxylic acid groups (broad SMARTS) is 1. The third-order valence-corrected chi connectivity index (χ3v) is 4.45. The van der Waals surface area contributed by atoms with Gasteiger partial charge in [0.15, 0.2) is 0 Å². The lowest BCUT2D eigenvalue weighted by Crippen LogP contribution is -2.10. The summed E-state index contributed by atoms with van der Waals surface area (Å²) in [7, 11) is 0. The van der Waals surface area contributed by atoms with E-state index in [0.717, 1.165) is 12.8 Å². The number of unbranched alkanes of at least 4 members (excludes halogenated alkanes) is 1. The summed E-state index contributed by atoms with van der Waals surface area (Å²) >= 11 is 0. The molecule has 0 amide bonds. The fraction of sp³-hybridized carbons (Fsp3) is 0.611. The molecule has 0 aromatic heterocycles. The van der Waals surface area contributed by atoms with Gasteiger partial charge in [-0.25, -0.2) is 0 Å². The maximum atomic E-state index is 10.8. The van der Waals surface area contributed by atoms with Crippen LogP contribution in [0.15, 0.2) is 36.0 Å². The molecule has 2 nitrogen and oxygen atoms in total. The summed E-state index contributed by atoms with van der Waals surface area (Å²) < 4.78 is 0. The van der Waals surface area contributed by atoms with Gasteiger partial charge in [-0.2, -0.15) is 0 Å². The van der Waals surface area contributed by atoms with E-state index in [0.29, 0.717) is 18.3 Å². The van der Waals surface area contributed by atoms with Crippen LogP contribution < -0.4 is 0 Å². The number of aliphatic carboxylic acids is 1. The van der Waals surface area contributed by atoms with Gasteiger partial charge in [0.25, 0.3) is 0 Å². The van der Waals surface area contributed by atoms with E-state index in [2.05, 4.69) is 30.4 Å². The molecule has 2 heteroatoms. The van der Waals surface area contributed by atoms with Crippen molar-refractivity contribution in [3.63, 3.8) is 0 Å². The molecule has 2 aliphatic rings. The van der Waals surface area contributed by atoms with Gasteiger partial charge in [-0.3, -0.25) is 4.79 Å². The Kier molecular flexibility index (Phi) is 6.10. The quantitative estimate of drug-likeness (QED) is 0.530. The highest BCUT2D eigenvalue weighted by Gasteiger charge is 2.26. The Morgan fingerprint density at radius 1 is 1.35 bits per heavy atom. The Morgan fingerprint density at radius 3 is 3.00 bits per heavy atom. The first-order chi connectivity index (χ1) is 9.75. The van der Waals surface area contributed by atoms with Crippen molar-refractivity contribution in [2.24, 2.45) is 11.8 Å². The predicted octanol–water partition coefficient (Wildman–Crippen LogP) is 4.88. The van der Waals surface area contributed by atoms with Crippen molar-refractivity contribution in [1.29, 1.82) is 0 Å². The number of carboxylic acids is 1. The monoisotopic (exact) mass is 274 g/mol. The Balaban J connectivity index is 1.66. The molecular weight excluding hydrogens is 248 g/mol. The number of hydrogen-bond acceptors (Lipinski definition) is 1. The van der Waals surface area contributed by atoms with E-state index in [4.69, 9.17) is 5.11 Å². The summed E-state index contributed by atoms with van der Waals surface area (Å²) in [5.74, 6) is 0.221. The van der Waals surface area contributed by atoms with Crippen molar-refractivity contribution in [3.05, 3.63) is 36.0 Å². The molecule has 1 N–H and O–H groups in total. The van der Waals surface area contributed by atoms with Crippen molar-refractivity contribution in [3.8, 4) is 0 Å². The number of allylic oxidation sites excluding steroid dienone is 6. The van der Waals surface area contributed by atoms with Crippen molar-refractivity contribution >= 4 is 5.97 Å². The van der Waals surface area contributed by atoms with Crippen molar-refractivity contribution in [1.82, 2.24) is 0 Å². The highest BCUT2D eigenvalue weighted by molar-refractivity contribution is 5.67. The molecule has 1 saturated carbocycles. The highest BCUT2D eigenvalue weighted by atomic mass is 16.4. The molecule has 0 heterocycles. The van der Waals surface area contributed by atoms with E-state index >= 15 is 0 Å². The second-order valence-electron chi connectivity index (χ2n) is 6.03. The van der Waals surface area contributed by atoms with Gasteiger partial charge in [-0.1, -0.05) is 42.4 Å². The van der Waals surface area contributed by atoms with Crippen LogP contribution in [0.4, 0.5) is 0 Å². The number of hydrogen-bond donors (Lipinski definition) is 1. The van der Waals surface area contributed by atoms with Gasteiger partial charge < -0.3 is 5.11 Å². The average Bonchev–Trinajstić information content (AvgIpc) is 2.86. The van der Waals surface area contributed by atoms with Crippen LogP contribution in [0.5, 0.6) is 0 Å². The Hall–Kier alpha value is -1.31. The minimum atomic E-state index is -0.647. The maximum Gasteiger partial charge on any atom is 0.303 e. The second kappa shape index (κ2) is 8.08. The first-order valence-corrected chi connectivity index (χ1v) is 8.00. The van der Waals surface area contributed by atoms with Crippen LogP contribution in [0.3, 0.4) is 0 Å². The second-order valence-corrected chi connectivity index (χ2v) is 6.03. The van der Waals surface area contributed by atoms with E-state index in [1.54, 1.807) is 0 Å². The van der Waals surface area contributed by atoms with Crippen LogP contribution in [-0.2, 0) is 4.79 Å². The van der Waals surface area contributed by atoms with Crippen LogP contribution in [-0.4, -0.2) is 11.1 Å². The number of carbonyl (C=O) groups is 1. The molecule has 2 rings (SSSR count). The van der Waals surface area contributed by atoms with E-state index in [-0.39, 0.29) is 0 Å². The summed E-state index contributed by atoms with van der Waals surface area (Å²) in [6, 6.07) is 0. The van der Waals surface area contributed by atoms with Gasteiger partial charge in [0.1, 0.15) is 0 Å². The summed E-state index contributed by atoms with van der Waals surface area (Å²) in [5, 5.41) is 8.91. The molecular formula is C18H26O2. The fourth-order valence-electron chi connectivity index (χ4n) is 3.34. The first kappa shape index (κ1) is 15.1. The van der Waals surface area contributed by atoms with E-state index in [9.17, 15) is 4.79 Å². The van der Waals surface area contributed by atoms with Gasteiger partial charge >= 0.3 is 5.97 Å². The summed E-state index contributed by atoms with van der Waals surface area (Å²) in [5.41, 5.74) is 1.48. The van der Waals surface area contributed by atoms with Gasteiger partial charge in [-0.15, -0.1) is 0 Å². The van der Waals surface area contributed by atoms with Crippen molar-refractivity contribution < 1.29 is 9.90 Å². The zero-order valence-electron chi connectivity index (χ0n) is 12.3. The molecule has 0 saturated heterocycles. The molecule has 2 atom stereocenters. The maximum absolute atomic E-state index is 10.8. The topological polar surface area (TPSA) is 37.3 Å². The lowest BCUT2D eigenvalue weighted by molar-refractivity contribution is -0.138. The van der Waals surface area contributed by atoms with Gasteiger partial charge in [0.05, 0.1) is 0 Å². The van der Waals surface area contributed by atoms with E-state index < -0.39 is 5.97 Å². The Morgan fingerprint density at radius 2 is 2.25 bits per heavy atom. The third-order valence-electron chi connectivity index (χ3n) is 4.45. The number of rotatable bonds is 7. The zero-order chi connectivity index (χ0) is 14.2. The normalized spacial score (nSPS) is 26.1. The van der Waals surface area contributed by atoms with Gasteiger partial charge in [-0.05, 0) is 56.8 Å². The zero-order valence-corrected chi connectivity index (χ0v) is 12.3. The summed E-state index contributed by atoms with van der Waals surface area (Å²) in [6.45, 7) is 0. The fourth-order valence-corrected chi connectivity index (χ4v) is 3.34. The van der Waals surface area contributed by atoms with Crippen LogP contribution in [0.1, 0.15) is 57.8 Å². The third kappa shape index (κ3) is 4.99. The summed E-state index contributed by atoms with van der Waals surface area (Å²) in [4.78, 5) is 10.8. The van der Waals surface area contributed by atoms with Crippen LogP contribution in [0.25, 0.3) is 0 Å². The molecule has 20 heavy (non-hydrogen) atoms. The lowest BCUT2D eigenvalue weighted by Gasteiger charge is -2.13. The molecule has 0 aromatic rings. The Labute approximate surface area is 122 Å². The molecule has 0 spiro atoms. The lowest BCUT2D eigenvalue weighted by atomic mass is 9.92. The molecule has 110 valence electrons. The molecule has 0 radical (unpaired) electrons. The SMILES string of the molecule is O=C(O)C[C@H]1CCC[C@@H]1/C=C/CCCC1=CCCC=C1. The Bertz CT molecular complexity index is 404. The molecule has 0 unspecified atom stereocenters. The van der Waals surface area contributed by atoms with E-state index in [1.807, 2.05) is 0 Å². The van der Waals surface area contributed by atoms with Crippen LogP contribution in [0.2, 0.25) is 0 Å². The van der Waals surface area contributed by atoms with Crippen molar-refractivity contribution in [2.45, 2.75) is 57.8 Å². The predicted molar refractivity (Wildman–Crippen MR) is 82.5 cm³/mol. The minimum Gasteiger partial charge on any atom is -0.481 e. The minimum absolute atomic E-state index is 0.340. The van der Waals surface area contributed by atoms with Crippen molar-refractivity contribution in [2.75, 3.05) is 0 Å². The van der Waals surface area contributed by atoms with Gasteiger partial charge in [0, 0.05) is 6.42 Å². The smallest absolute Gasteiger partial charge is 0.303 e. The molecule has 0 bridgehead atoms. The summed E-state index contributed by atoms with van der Waals surface area (Å²) in [6.07, 6.45) is 21.1. The van der Waals surface area contributed by atoms with Crippen LogP contribution in [0, 0.1) is 11.8 Å². The van der Waals surface area contributed by atoms with E-state index in [1.165, 1.54) is 44.1 Å². The molecule has 2 aliphatic carbocycles. The molecule has 1 fully saturated rings. The first-order valence-electron chi connectivity index (χ1n) is 8.00. The molecule has 0 aromatic carbocycles.